The second-order valence-electron chi connectivity index (χ2n) is 6.04. The third-order valence-corrected chi connectivity index (χ3v) is 3.96. The summed E-state index contributed by atoms with van der Waals surface area (Å²) >= 11 is 3.32. The highest BCUT2D eigenvalue weighted by molar-refractivity contribution is 9.10. The van der Waals surface area contributed by atoms with Crippen LogP contribution in [-0.4, -0.2) is 24.6 Å². The highest BCUT2D eigenvalue weighted by Crippen LogP contribution is 2.30. The zero-order valence-corrected chi connectivity index (χ0v) is 15.9. The Balaban J connectivity index is 2.08. The molecule has 1 aromatic heterocycles. The fourth-order valence-corrected chi connectivity index (χ4v) is 2.53. The molecule has 0 saturated heterocycles. The van der Waals surface area contributed by atoms with Gasteiger partial charge in [-0.15, -0.1) is 0 Å². The summed E-state index contributed by atoms with van der Waals surface area (Å²) in [4.78, 5) is 15.1. The predicted octanol–water partition coefficient (Wildman–Crippen LogP) is 4.31. The number of H-pyrrole nitrogens is 1. The molecule has 0 spiro atoms. The average molecular weight is 395 g/mol. The third kappa shape index (κ3) is 4.77. The standard InChI is InChI=1S/C18H23BrN2O3/c1-11(2)10-24-16-6-5-13(7-17(16)23-4)12(3)21-18(22)15-8-14(19)9-20-15/h5-9,11-12,20H,10H2,1-4H3,(H,21,22). The van der Waals surface area contributed by atoms with Crippen LogP contribution in [0.15, 0.2) is 34.9 Å². The quantitative estimate of drug-likeness (QED) is 0.734. The number of nitrogens with one attached hydrogen (secondary N) is 2. The molecule has 2 N–H and O–H groups in total. The van der Waals surface area contributed by atoms with Crippen molar-refractivity contribution in [3.05, 3.63) is 46.2 Å². The van der Waals surface area contributed by atoms with E-state index in [9.17, 15) is 4.79 Å². The van der Waals surface area contributed by atoms with Crippen LogP contribution in [0.3, 0.4) is 0 Å². The number of carbonyl (C=O) groups excluding carboxylic acids is 1. The summed E-state index contributed by atoms with van der Waals surface area (Å²) in [6.07, 6.45) is 1.73. The molecule has 2 aromatic rings. The van der Waals surface area contributed by atoms with Gasteiger partial charge in [0.15, 0.2) is 11.5 Å². The number of benzene rings is 1. The number of aromatic nitrogens is 1. The zero-order valence-electron chi connectivity index (χ0n) is 14.4. The maximum atomic E-state index is 12.2. The molecule has 0 bridgehead atoms. The Bertz CT molecular complexity index is 697. The molecule has 5 nitrogen and oxygen atoms in total. The molecule has 0 aliphatic rings. The van der Waals surface area contributed by atoms with E-state index in [4.69, 9.17) is 9.47 Å². The molecule has 1 heterocycles. The molecule has 6 heteroatoms. The Hall–Kier alpha value is -1.95. The summed E-state index contributed by atoms with van der Waals surface area (Å²) < 4.78 is 12.0. The van der Waals surface area contributed by atoms with E-state index >= 15 is 0 Å². The Labute approximate surface area is 150 Å². The SMILES string of the molecule is COc1cc(C(C)NC(=O)c2cc(Br)c[nH]2)ccc1OCC(C)C. The van der Waals surface area contributed by atoms with Crippen LogP contribution >= 0.6 is 15.9 Å². The largest absolute Gasteiger partial charge is 0.493 e. The summed E-state index contributed by atoms with van der Waals surface area (Å²) in [5.41, 5.74) is 1.46. The normalized spacial score (nSPS) is 12.1. The number of aromatic amines is 1. The van der Waals surface area contributed by atoms with E-state index in [1.165, 1.54) is 0 Å². The average Bonchev–Trinajstić information content (AvgIpc) is 2.99. The van der Waals surface area contributed by atoms with Crippen LogP contribution < -0.4 is 14.8 Å². The molecule has 0 fully saturated rings. The lowest BCUT2D eigenvalue weighted by atomic mass is 10.1. The number of methoxy groups -OCH3 is 1. The Kier molecular flexibility index (Phi) is 6.31. The van der Waals surface area contributed by atoms with E-state index < -0.39 is 0 Å². The van der Waals surface area contributed by atoms with Crippen molar-refractivity contribution in [3.8, 4) is 11.5 Å². The summed E-state index contributed by atoms with van der Waals surface area (Å²) in [5, 5.41) is 2.96. The van der Waals surface area contributed by atoms with Crippen molar-refractivity contribution in [1.82, 2.24) is 10.3 Å². The van der Waals surface area contributed by atoms with Crippen LogP contribution in [0.25, 0.3) is 0 Å². The lowest BCUT2D eigenvalue weighted by Crippen LogP contribution is -2.26. The van der Waals surface area contributed by atoms with Crippen molar-refractivity contribution < 1.29 is 14.3 Å². The first-order chi connectivity index (χ1) is 11.4. The summed E-state index contributed by atoms with van der Waals surface area (Å²) in [6.45, 7) is 6.75. The number of ether oxygens (including phenoxy) is 2. The van der Waals surface area contributed by atoms with Crippen molar-refractivity contribution in [3.63, 3.8) is 0 Å². The van der Waals surface area contributed by atoms with Gasteiger partial charge in [-0.05, 0) is 52.5 Å². The van der Waals surface area contributed by atoms with Crippen molar-refractivity contribution in [1.29, 1.82) is 0 Å². The highest BCUT2D eigenvalue weighted by atomic mass is 79.9. The minimum Gasteiger partial charge on any atom is -0.493 e. The number of halogens is 1. The van der Waals surface area contributed by atoms with Gasteiger partial charge < -0.3 is 19.8 Å². The van der Waals surface area contributed by atoms with Gasteiger partial charge in [0, 0.05) is 10.7 Å². The molecule has 130 valence electrons. The van der Waals surface area contributed by atoms with Gasteiger partial charge in [-0.3, -0.25) is 4.79 Å². The van der Waals surface area contributed by atoms with E-state index in [1.807, 2.05) is 25.1 Å². The Morgan fingerprint density at radius 1 is 1.25 bits per heavy atom. The molecular formula is C18H23BrN2O3. The second kappa shape index (κ2) is 8.24. The first kappa shape index (κ1) is 18.4. The molecule has 1 aromatic carbocycles. The Morgan fingerprint density at radius 2 is 2.00 bits per heavy atom. The van der Waals surface area contributed by atoms with E-state index in [0.29, 0.717) is 29.7 Å². The van der Waals surface area contributed by atoms with Crippen LogP contribution in [0.2, 0.25) is 0 Å². The molecule has 1 atom stereocenters. The summed E-state index contributed by atoms with van der Waals surface area (Å²) in [5.74, 6) is 1.65. The van der Waals surface area contributed by atoms with Gasteiger partial charge in [-0.1, -0.05) is 19.9 Å². The van der Waals surface area contributed by atoms with E-state index in [-0.39, 0.29) is 11.9 Å². The van der Waals surface area contributed by atoms with Crippen LogP contribution in [0, 0.1) is 5.92 Å². The minimum atomic E-state index is -0.160. The number of rotatable bonds is 7. The topological polar surface area (TPSA) is 63.3 Å². The molecule has 1 unspecified atom stereocenters. The first-order valence-corrected chi connectivity index (χ1v) is 8.65. The maximum absolute atomic E-state index is 12.2. The smallest absolute Gasteiger partial charge is 0.268 e. The molecule has 0 saturated carbocycles. The van der Waals surface area contributed by atoms with Gasteiger partial charge in [0.05, 0.1) is 19.8 Å². The van der Waals surface area contributed by atoms with Gasteiger partial charge in [0.2, 0.25) is 0 Å². The van der Waals surface area contributed by atoms with Crippen molar-refractivity contribution in [2.24, 2.45) is 5.92 Å². The molecule has 0 aliphatic heterocycles. The molecule has 0 radical (unpaired) electrons. The van der Waals surface area contributed by atoms with E-state index in [2.05, 4.69) is 40.1 Å². The minimum absolute atomic E-state index is 0.160. The van der Waals surface area contributed by atoms with Crippen molar-refractivity contribution in [2.45, 2.75) is 26.8 Å². The van der Waals surface area contributed by atoms with Gasteiger partial charge in [0.1, 0.15) is 5.69 Å². The fraction of sp³-hybridized carbons (Fsp3) is 0.389. The third-order valence-electron chi connectivity index (χ3n) is 3.50. The monoisotopic (exact) mass is 394 g/mol. The van der Waals surface area contributed by atoms with Gasteiger partial charge in [0.25, 0.3) is 5.91 Å². The molecule has 1 amide bonds. The van der Waals surface area contributed by atoms with Gasteiger partial charge in [-0.25, -0.2) is 0 Å². The molecule has 24 heavy (non-hydrogen) atoms. The molecule has 0 aliphatic carbocycles. The summed E-state index contributed by atoms with van der Waals surface area (Å²) in [7, 11) is 1.61. The van der Waals surface area contributed by atoms with Gasteiger partial charge >= 0.3 is 0 Å². The van der Waals surface area contributed by atoms with E-state index in [1.54, 1.807) is 19.4 Å². The number of carbonyl (C=O) groups is 1. The van der Waals surface area contributed by atoms with Crippen LogP contribution in [0.1, 0.15) is 42.9 Å². The lowest BCUT2D eigenvalue weighted by molar-refractivity contribution is 0.0935. The van der Waals surface area contributed by atoms with Gasteiger partial charge in [-0.2, -0.15) is 0 Å². The molecule has 2 rings (SSSR count). The zero-order chi connectivity index (χ0) is 17.7. The Morgan fingerprint density at radius 3 is 2.58 bits per heavy atom. The lowest BCUT2D eigenvalue weighted by Gasteiger charge is -2.17. The molecular weight excluding hydrogens is 372 g/mol. The number of hydrogen-bond acceptors (Lipinski definition) is 3. The first-order valence-electron chi connectivity index (χ1n) is 7.86. The summed E-state index contributed by atoms with van der Waals surface area (Å²) in [6, 6.07) is 7.29. The number of hydrogen-bond donors (Lipinski definition) is 2. The second-order valence-corrected chi connectivity index (χ2v) is 6.96. The number of amides is 1. The highest BCUT2D eigenvalue weighted by Gasteiger charge is 2.15. The van der Waals surface area contributed by atoms with Crippen LogP contribution in [-0.2, 0) is 0 Å². The fourth-order valence-electron chi connectivity index (χ4n) is 2.19. The van der Waals surface area contributed by atoms with Crippen molar-refractivity contribution >= 4 is 21.8 Å². The predicted molar refractivity (Wildman–Crippen MR) is 97.7 cm³/mol. The maximum Gasteiger partial charge on any atom is 0.268 e. The van der Waals surface area contributed by atoms with Crippen LogP contribution in [0.4, 0.5) is 0 Å². The van der Waals surface area contributed by atoms with E-state index in [0.717, 1.165) is 10.0 Å². The van der Waals surface area contributed by atoms with Crippen LogP contribution in [0.5, 0.6) is 11.5 Å². The van der Waals surface area contributed by atoms with Crippen molar-refractivity contribution in [2.75, 3.05) is 13.7 Å².